The molecule has 0 saturated heterocycles. The molecular weight excluding hydrogens is 228 g/mol. The van der Waals surface area contributed by atoms with Crippen molar-refractivity contribution >= 4 is 5.97 Å². The molecule has 0 saturated carbocycles. The molecular formula is C14H30N2O2. The number of carboxylic acid groups (broad SMARTS) is 1. The second kappa shape index (κ2) is 9.34. The molecule has 0 radical (unpaired) electrons. The van der Waals surface area contributed by atoms with E-state index in [0.29, 0.717) is 24.8 Å². The second-order valence-electron chi connectivity index (χ2n) is 5.88. The van der Waals surface area contributed by atoms with Crippen LogP contribution < -0.4 is 5.73 Å². The molecule has 0 rings (SSSR count). The molecule has 0 fully saturated rings. The third-order valence-electron chi connectivity index (χ3n) is 2.86. The van der Waals surface area contributed by atoms with Gasteiger partial charge in [-0.1, -0.05) is 34.1 Å². The Hall–Kier alpha value is -0.610. The highest BCUT2D eigenvalue weighted by atomic mass is 16.4. The lowest BCUT2D eigenvalue weighted by Gasteiger charge is -2.31. The minimum atomic E-state index is -0.701. The summed E-state index contributed by atoms with van der Waals surface area (Å²) in [4.78, 5) is 13.5. The van der Waals surface area contributed by atoms with E-state index in [1.54, 1.807) is 0 Å². The van der Waals surface area contributed by atoms with Crippen LogP contribution in [-0.2, 0) is 4.79 Å². The normalized spacial score (nSPS) is 13.6. The van der Waals surface area contributed by atoms with Gasteiger partial charge in [-0.05, 0) is 31.2 Å². The van der Waals surface area contributed by atoms with Crippen molar-refractivity contribution in [2.75, 3.05) is 19.6 Å². The van der Waals surface area contributed by atoms with E-state index in [1.165, 1.54) is 0 Å². The lowest BCUT2D eigenvalue weighted by atomic mass is 10.0. The highest BCUT2D eigenvalue weighted by molar-refractivity contribution is 5.73. The summed E-state index contributed by atoms with van der Waals surface area (Å²) in [7, 11) is 0. The largest absolute Gasteiger partial charge is 0.480 e. The number of unbranched alkanes of at least 4 members (excludes halogenated alkanes) is 1. The number of nitrogens with zero attached hydrogens (tertiary/aromatic N) is 1. The van der Waals surface area contributed by atoms with Crippen LogP contribution in [0.5, 0.6) is 0 Å². The van der Waals surface area contributed by atoms with Crippen LogP contribution in [0.2, 0.25) is 0 Å². The van der Waals surface area contributed by atoms with Crippen molar-refractivity contribution in [1.29, 1.82) is 0 Å². The summed E-state index contributed by atoms with van der Waals surface area (Å²) in [6, 6.07) is -0.360. The number of rotatable bonds is 10. The molecule has 3 N–H and O–H groups in total. The molecule has 0 bridgehead atoms. The molecule has 0 aromatic heterocycles. The van der Waals surface area contributed by atoms with E-state index in [9.17, 15) is 9.90 Å². The summed E-state index contributed by atoms with van der Waals surface area (Å²) < 4.78 is 0. The summed E-state index contributed by atoms with van der Waals surface area (Å²) in [6.45, 7) is 10.9. The molecule has 4 heteroatoms. The van der Waals surface area contributed by atoms with Crippen LogP contribution in [0.4, 0.5) is 0 Å². The third-order valence-corrected chi connectivity index (χ3v) is 2.86. The van der Waals surface area contributed by atoms with Crippen molar-refractivity contribution < 1.29 is 9.90 Å². The van der Waals surface area contributed by atoms with Gasteiger partial charge in [0.15, 0.2) is 0 Å². The van der Waals surface area contributed by atoms with Crippen molar-refractivity contribution in [3.05, 3.63) is 0 Å². The average Bonchev–Trinajstić information content (AvgIpc) is 2.21. The van der Waals surface area contributed by atoms with Crippen molar-refractivity contribution in [1.82, 2.24) is 4.90 Å². The number of carboxylic acids is 1. The van der Waals surface area contributed by atoms with E-state index >= 15 is 0 Å². The molecule has 4 nitrogen and oxygen atoms in total. The summed E-state index contributed by atoms with van der Waals surface area (Å²) in [5.74, 6) is 0.272. The fraction of sp³-hybridized carbons (Fsp3) is 0.929. The molecule has 1 atom stereocenters. The number of carbonyl (C=O) groups is 1. The van der Waals surface area contributed by atoms with E-state index < -0.39 is 5.97 Å². The predicted molar refractivity (Wildman–Crippen MR) is 75.6 cm³/mol. The molecule has 0 heterocycles. The summed E-state index contributed by atoms with van der Waals surface area (Å²) in [5, 5.41) is 9.40. The van der Waals surface area contributed by atoms with Crippen molar-refractivity contribution in [2.45, 2.75) is 53.0 Å². The maximum Gasteiger partial charge on any atom is 0.320 e. The zero-order valence-corrected chi connectivity index (χ0v) is 12.4. The van der Waals surface area contributed by atoms with Crippen LogP contribution in [0.1, 0.15) is 47.0 Å². The Balaban J connectivity index is 4.57. The fourth-order valence-electron chi connectivity index (χ4n) is 2.21. The summed E-state index contributed by atoms with van der Waals surface area (Å²) >= 11 is 0. The lowest BCUT2D eigenvalue weighted by Crippen LogP contribution is -2.45. The Morgan fingerprint density at radius 3 is 1.94 bits per heavy atom. The molecule has 0 spiro atoms. The van der Waals surface area contributed by atoms with Crippen LogP contribution in [0.15, 0.2) is 0 Å². The van der Waals surface area contributed by atoms with Crippen LogP contribution >= 0.6 is 0 Å². The molecule has 0 aliphatic rings. The lowest BCUT2D eigenvalue weighted by molar-refractivity contribution is -0.144. The smallest absolute Gasteiger partial charge is 0.320 e. The number of aliphatic carboxylic acids is 1. The van der Waals surface area contributed by atoms with Crippen molar-refractivity contribution in [3.63, 3.8) is 0 Å². The highest BCUT2D eigenvalue weighted by Gasteiger charge is 2.25. The maximum atomic E-state index is 11.4. The van der Waals surface area contributed by atoms with Crippen LogP contribution in [0.3, 0.4) is 0 Å². The first-order valence-corrected chi connectivity index (χ1v) is 7.05. The topological polar surface area (TPSA) is 66.6 Å². The molecule has 0 unspecified atom stereocenters. The molecule has 0 aromatic rings. The Kier molecular flexibility index (Phi) is 9.02. The Morgan fingerprint density at radius 2 is 1.61 bits per heavy atom. The zero-order valence-electron chi connectivity index (χ0n) is 12.4. The van der Waals surface area contributed by atoms with Gasteiger partial charge in [0.1, 0.15) is 6.04 Å². The first-order valence-electron chi connectivity index (χ1n) is 7.05. The SMILES string of the molecule is CC(C)CN(CC(C)C)[C@@H](CCCCN)C(=O)O. The molecule has 108 valence electrons. The Bertz CT molecular complexity index is 220. The first-order chi connectivity index (χ1) is 8.38. The van der Waals surface area contributed by atoms with Gasteiger partial charge in [-0.2, -0.15) is 0 Å². The maximum absolute atomic E-state index is 11.4. The van der Waals surface area contributed by atoms with Crippen LogP contribution in [-0.4, -0.2) is 41.7 Å². The standard InChI is InChI=1S/C14H30N2O2/c1-11(2)9-16(10-12(3)4)13(14(17)18)7-5-6-8-15/h11-13H,5-10,15H2,1-4H3,(H,17,18)/t13-/m0/s1. The fourth-order valence-corrected chi connectivity index (χ4v) is 2.21. The van der Waals surface area contributed by atoms with Gasteiger partial charge >= 0.3 is 5.97 Å². The molecule has 0 aromatic carbocycles. The van der Waals surface area contributed by atoms with Gasteiger partial charge in [-0.15, -0.1) is 0 Å². The average molecular weight is 258 g/mol. The molecule has 0 aliphatic carbocycles. The summed E-state index contributed by atoms with van der Waals surface area (Å²) in [5.41, 5.74) is 5.47. The van der Waals surface area contributed by atoms with E-state index in [2.05, 4.69) is 32.6 Å². The molecule has 0 amide bonds. The number of hydrogen-bond acceptors (Lipinski definition) is 3. The minimum absolute atomic E-state index is 0.360. The van der Waals surface area contributed by atoms with E-state index in [-0.39, 0.29) is 6.04 Å². The monoisotopic (exact) mass is 258 g/mol. The van der Waals surface area contributed by atoms with E-state index in [0.717, 1.165) is 25.9 Å². The molecule has 18 heavy (non-hydrogen) atoms. The Labute approximate surface area is 112 Å². The van der Waals surface area contributed by atoms with Gasteiger partial charge in [0.2, 0.25) is 0 Å². The van der Waals surface area contributed by atoms with E-state index in [4.69, 9.17) is 5.73 Å². The van der Waals surface area contributed by atoms with Gasteiger partial charge in [0.25, 0.3) is 0 Å². The second-order valence-corrected chi connectivity index (χ2v) is 5.88. The van der Waals surface area contributed by atoms with Gasteiger partial charge in [0, 0.05) is 13.1 Å². The zero-order chi connectivity index (χ0) is 14.1. The summed E-state index contributed by atoms with van der Waals surface area (Å²) in [6.07, 6.45) is 2.49. The number of nitrogens with two attached hydrogens (primary N) is 1. The van der Waals surface area contributed by atoms with Crippen molar-refractivity contribution in [3.8, 4) is 0 Å². The van der Waals surface area contributed by atoms with Crippen LogP contribution in [0, 0.1) is 11.8 Å². The highest BCUT2D eigenvalue weighted by Crippen LogP contribution is 2.14. The molecule has 0 aliphatic heterocycles. The van der Waals surface area contributed by atoms with Gasteiger partial charge in [0.05, 0.1) is 0 Å². The van der Waals surface area contributed by atoms with Gasteiger partial charge in [-0.25, -0.2) is 0 Å². The van der Waals surface area contributed by atoms with Gasteiger partial charge in [-0.3, -0.25) is 9.69 Å². The third kappa shape index (κ3) is 7.67. The predicted octanol–water partition coefficient (Wildman–Crippen LogP) is 2.18. The minimum Gasteiger partial charge on any atom is -0.480 e. The quantitative estimate of drug-likeness (QED) is 0.589. The van der Waals surface area contributed by atoms with Crippen LogP contribution in [0.25, 0.3) is 0 Å². The van der Waals surface area contributed by atoms with Gasteiger partial charge < -0.3 is 10.8 Å². The number of hydrogen-bond donors (Lipinski definition) is 2. The van der Waals surface area contributed by atoms with Crippen molar-refractivity contribution in [2.24, 2.45) is 17.6 Å². The Morgan fingerprint density at radius 1 is 1.11 bits per heavy atom. The first kappa shape index (κ1) is 17.4. The van der Waals surface area contributed by atoms with E-state index in [1.807, 2.05) is 0 Å².